The quantitative estimate of drug-likeness (QED) is 0.870. The molecule has 2 aromatic rings. The van der Waals surface area contributed by atoms with Gasteiger partial charge in [0.1, 0.15) is 23.4 Å². The second kappa shape index (κ2) is 5.89. The third-order valence-corrected chi connectivity index (χ3v) is 3.65. The lowest BCUT2D eigenvalue weighted by molar-refractivity contribution is -0.117. The largest absolute Gasteiger partial charge is 0.457 e. The van der Waals surface area contributed by atoms with E-state index < -0.39 is 17.9 Å². The van der Waals surface area contributed by atoms with Crippen LogP contribution in [0.1, 0.15) is 6.92 Å². The minimum absolute atomic E-state index is 0.0348. The molecule has 0 unspecified atom stereocenters. The fourth-order valence-corrected chi connectivity index (χ4v) is 2.36. The van der Waals surface area contributed by atoms with Crippen molar-refractivity contribution in [1.82, 2.24) is 5.32 Å². The molecule has 7 heteroatoms. The van der Waals surface area contributed by atoms with Crippen molar-refractivity contribution in [3.63, 3.8) is 0 Å². The zero-order valence-corrected chi connectivity index (χ0v) is 12.8. The second-order valence-electron chi connectivity index (χ2n) is 5.02. The molecule has 1 heterocycles. The molecular weight excluding hydrogens is 323 g/mol. The predicted octanol–water partition coefficient (Wildman–Crippen LogP) is 3.72. The summed E-state index contributed by atoms with van der Waals surface area (Å²) in [6.07, 6.45) is 0. The number of hydrogen-bond donors (Lipinski definition) is 1. The molecular formula is C16H12ClFN2O3. The Morgan fingerprint density at radius 1 is 1.13 bits per heavy atom. The van der Waals surface area contributed by atoms with Gasteiger partial charge in [0.2, 0.25) is 0 Å². The number of nitrogens with one attached hydrogen (secondary N) is 1. The van der Waals surface area contributed by atoms with Crippen LogP contribution in [0.25, 0.3) is 0 Å². The van der Waals surface area contributed by atoms with Gasteiger partial charge in [-0.3, -0.25) is 4.79 Å². The Bertz CT molecular complexity index is 779. The van der Waals surface area contributed by atoms with Crippen LogP contribution in [0.4, 0.5) is 14.9 Å². The summed E-state index contributed by atoms with van der Waals surface area (Å²) in [5, 5.41) is 2.50. The average Bonchev–Trinajstić information content (AvgIpc) is 2.77. The Morgan fingerprint density at radius 3 is 2.35 bits per heavy atom. The van der Waals surface area contributed by atoms with Crippen molar-refractivity contribution in [3.05, 3.63) is 53.3 Å². The van der Waals surface area contributed by atoms with Gasteiger partial charge in [-0.1, -0.05) is 11.6 Å². The van der Waals surface area contributed by atoms with E-state index in [1.54, 1.807) is 31.2 Å². The molecule has 1 aliphatic heterocycles. The summed E-state index contributed by atoms with van der Waals surface area (Å²) in [5.41, 5.74) is 0.446. The molecule has 1 atom stereocenters. The van der Waals surface area contributed by atoms with Gasteiger partial charge in [0.25, 0.3) is 5.91 Å². The van der Waals surface area contributed by atoms with Gasteiger partial charge in [-0.15, -0.1) is 0 Å². The van der Waals surface area contributed by atoms with E-state index in [1.807, 2.05) is 0 Å². The number of halogens is 2. The van der Waals surface area contributed by atoms with E-state index in [0.29, 0.717) is 17.2 Å². The van der Waals surface area contributed by atoms with Gasteiger partial charge in [0.05, 0.1) is 10.7 Å². The highest BCUT2D eigenvalue weighted by Gasteiger charge is 2.36. The van der Waals surface area contributed by atoms with Crippen LogP contribution in [0.3, 0.4) is 0 Å². The van der Waals surface area contributed by atoms with Crippen molar-refractivity contribution in [2.45, 2.75) is 13.0 Å². The van der Waals surface area contributed by atoms with Crippen LogP contribution in [0.15, 0.2) is 42.5 Å². The molecule has 1 fully saturated rings. The molecule has 118 valence electrons. The van der Waals surface area contributed by atoms with E-state index >= 15 is 0 Å². The van der Waals surface area contributed by atoms with Crippen LogP contribution >= 0.6 is 11.6 Å². The molecule has 0 aromatic heterocycles. The number of ether oxygens (including phenoxy) is 1. The molecule has 0 saturated carbocycles. The first-order valence-electron chi connectivity index (χ1n) is 6.83. The number of hydrogen-bond acceptors (Lipinski definition) is 3. The number of urea groups is 1. The minimum Gasteiger partial charge on any atom is -0.457 e. The number of amides is 3. The first-order valence-corrected chi connectivity index (χ1v) is 7.21. The van der Waals surface area contributed by atoms with E-state index in [1.165, 1.54) is 18.2 Å². The Hall–Kier alpha value is -2.60. The third-order valence-electron chi connectivity index (χ3n) is 3.36. The number of carbonyl (C=O) groups excluding carboxylic acids is 2. The summed E-state index contributed by atoms with van der Waals surface area (Å²) in [4.78, 5) is 24.7. The smallest absolute Gasteiger partial charge is 0.329 e. The highest BCUT2D eigenvalue weighted by Crippen LogP contribution is 2.28. The second-order valence-corrected chi connectivity index (χ2v) is 5.42. The lowest BCUT2D eigenvalue weighted by Crippen LogP contribution is -2.30. The van der Waals surface area contributed by atoms with Crippen LogP contribution < -0.4 is 15.0 Å². The molecule has 3 rings (SSSR count). The van der Waals surface area contributed by atoms with Gasteiger partial charge in [0, 0.05) is 6.07 Å². The molecule has 1 aliphatic rings. The molecule has 23 heavy (non-hydrogen) atoms. The lowest BCUT2D eigenvalue weighted by Gasteiger charge is -2.13. The van der Waals surface area contributed by atoms with E-state index in [4.69, 9.17) is 16.3 Å². The third kappa shape index (κ3) is 2.98. The SMILES string of the molecule is C[C@@H]1NC(=O)N(c2ccc(Oc3ccc(F)c(Cl)c3)cc2)C1=O. The molecule has 1 N–H and O–H groups in total. The van der Waals surface area contributed by atoms with Gasteiger partial charge in [-0.05, 0) is 43.3 Å². The summed E-state index contributed by atoms with van der Waals surface area (Å²) < 4.78 is 18.7. The average molecular weight is 335 g/mol. The van der Waals surface area contributed by atoms with Crippen LogP contribution in [-0.2, 0) is 4.79 Å². The zero-order chi connectivity index (χ0) is 16.6. The Kier molecular flexibility index (Phi) is 3.92. The Morgan fingerprint density at radius 2 is 1.78 bits per heavy atom. The van der Waals surface area contributed by atoms with E-state index in [2.05, 4.69) is 5.32 Å². The van der Waals surface area contributed by atoms with Crippen LogP contribution in [0.5, 0.6) is 11.5 Å². The summed E-state index contributed by atoms with van der Waals surface area (Å²) in [5.74, 6) is 0.0142. The van der Waals surface area contributed by atoms with Crippen molar-refractivity contribution in [1.29, 1.82) is 0 Å². The van der Waals surface area contributed by atoms with Gasteiger partial charge in [-0.2, -0.15) is 0 Å². The number of carbonyl (C=O) groups is 2. The van der Waals surface area contributed by atoms with Crippen molar-refractivity contribution in [2.75, 3.05) is 4.90 Å². The summed E-state index contributed by atoms with van der Waals surface area (Å²) in [6, 6.07) is 9.43. The monoisotopic (exact) mass is 334 g/mol. The molecule has 0 spiro atoms. The molecule has 5 nitrogen and oxygen atoms in total. The van der Waals surface area contributed by atoms with Crippen molar-refractivity contribution in [2.24, 2.45) is 0 Å². The van der Waals surface area contributed by atoms with Crippen molar-refractivity contribution < 1.29 is 18.7 Å². The van der Waals surface area contributed by atoms with E-state index in [-0.39, 0.29) is 10.9 Å². The Balaban J connectivity index is 1.78. The first-order chi connectivity index (χ1) is 11.0. The van der Waals surface area contributed by atoms with Gasteiger partial charge in [-0.25, -0.2) is 14.1 Å². The number of nitrogens with zero attached hydrogens (tertiary/aromatic N) is 1. The highest BCUT2D eigenvalue weighted by atomic mass is 35.5. The van der Waals surface area contributed by atoms with Crippen LogP contribution in [0, 0.1) is 5.82 Å². The predicted molar refractivity (Wildman–Crippen MR) is 83.4 cm³/mol. The minimum atomic E-state index is -0.542. The fourth-order valence-electron chi connectivity index (χ4n) is 2.19. The lowest BCUT2D eigenvalue weighted by atomic mass is 10.2. The molecule has 3 amide bonds. The van der Waals surface area contributed by atoms with E-state index in [9.17, 15) is 14.0 Å². The van der Waals surface area contributed by atoms with Crippen LogP contribution in [0.2, 0.25) is 5.02 Å². The van der Waals surface area contributed by atoms with Crippen molar-refractivity contribution >= 4 is 29.2 Å². The standard InChI is InChI=1S/C16H12ClFN2O3/c1-9-15(21)20(16(22)19-9)10-2-4-11(5-3-10)23-12-6-7-14(18)13(17)8-12/h2-9H,1H3,(H,19,22)/t9-/m0/s1. The molecule has 0 aliphatic carbocycles. The van der Waals surface area contributed by atoms with Crippen LogP contribution in [-0.4, -0.2) is 18.0 Å². The van der Waals surface area contributed by atoms with E-state index in [0.717, 1.165) is 4.90 Å². The first kappa shape index (κ1) is 15.3. The number of anilines is 1. The molecule has 0 radical (unpaired) electrons. The molecule has 0 bridgehead atoms. The van der Waals surface area contributed by atoms with Gasteiger partial charge >= 0.3 is 6.03 Å². The Labute approximate surface area is 136 Å². The summed E-state index contributed by atoms with van der Waals surface area (Å²) in [7, 11) is 0. The maximum Gasteiger partial charge on any atom is 0.329 e. The fraction of sp³-hybridized carbons (Fsp3) is 0.125. The number of rotatable bonds is 3. The molecule has 1 saturated heterocycles. The summed E-state index contributed by atoms with van der Waals surface area (Å²) in [6.45, 7) is 1.62. The van der Waals surface area contributed by atoms with Gasteiger partial charge < -0.3 is 10.1 Å². The zero-order valence-electron chi connectivity index (χ0n) is 12.0. The highest BCUT2D eigenvalue weighted by molar-refractivity contribution is 6.30. The van der Waals surface area contributed by atoms with Crippen molar-refractivity contribution in [3.8, 4) is 11.5 Å². The topological polar surface area (TPSA) is 58.6 Å². The number of imide groups is 1. The molecule has 2 aromatic carbocycles. The van der Waals surface area contributed by atoms with Gasteiger partial charge in [0.15, 0.2) is 0 Å². The maximum absolute atomic E-state index is 13.1. The maximum atomic E-state index is 13.1. The summed E-state index contributed by atoms with van der Waals surface area (Å²) >= 11 is 5.69. The number of benzene rings is 2. The normalized spacial score (nSPS) is 17.3.